The zero-order valence-electron chi connectivity index (χ0n) is 14.1. The van der Waals surface area contributed by atoms with Gasteiger partial charge in [-0.25, -0.2) is 4.98 Å². The van der Waals surface area contributed by atoms with E-state index in [-0.39, 0.29) is 5.91 Å². The Hall–Kier alpha value is -2.90. The lowest BCUT2D eigenvalue weighted by atomic mass is 10.2. The monoisotopic (exact) mass is 394 g/mol. The van der Waals surface area contributed by atoms with Crippen LogP contribution < -0.4 is 14.8 Å². The van der Waals surface area contributed by atoms with E-state index in [1.807, 2.05) is 29.6 Å². The van der Waals surface area contributed by atoms with Crippen molar-refractivity contribution in [1.29, 1.82) is 0 Å². The summed E-state index contributed by atoms with van der Waals surface area (Å²) in [6.45, 7) is 1.02. The third-order valence-electron chi connectivity index (χ3n) is 4.22. The van der Waals surface area contributed by atoms with Crippen LogP contribution in [-0.4, -0.2) is 24.1 Å². The van der Waals surface area contributed by atoms with Crippen LogP contribution in [0.4, 0.5) is 5.00 Å². The van der Waals surface area contributed by atoms with Gasteiger partial charge in [0.1, 0.15) is 23.2 Å². The van der Waals surface area contributed by atoms with Gasteiger partial charge in [0.25, 0.3) is 5.91 Å². The number of carbonyl (C=O) groups excluding carboxylic acids is 1. The van der Waals surface area contributed by atoms with Gasteiger partial charge in [-0.1, -0.05) is 12.1 Å². The fraction of sp³-hybridized carbons (Fsp3) is 0.100. The Morgan fingerprint density at radius 2 is 1.89 bits per heavy atom. The van der Waals surface area contributed by atoms with E-state index >= 15 is 0 Å². The van der Waals surface area contributed by atoms with Gasteiger partial charge < -0.3 is 14.8 Å². The predicted molar refractivity (Wildman–Crippen MR) is 108 cm³/mol. The molecule has 27 heavy (non-hydrogen) atoms. The van der Waals surface area contributed by atoms with E-state index in [4.69, 9.17) is 14.5 Å². The molecule has 1 aliphatic heterocycles. The predicted octanol–water partition coefficient (Wildman–Crippen LogP) is 5.05. The number of aromatic nitrogens is 1. The van der Waals surface area contributed by atoms with Crippen LogP contribution in [0.5, 0.6) is 11.5 Å². The molecule has 2 aromatic heterocycles. The third kappa shape index (κ3) is 3.05. The van der Waals surface area contributed by atoms with Crippen molar-refractivity contribution in [2.45, 2.75) is 0 Å². The van der Waals surface area contributed by atoms with Crippen molar-refractivity contribution in [3.63, 3.8) is 0 Å². The van der Waals surface area contributed by atoms with E-state index in [9.17, 15) is 4.79 Å². The average molecular weight is 394 g/mol. The minimum atomic E-state index is -0.184. The molecule has 1 N–H and O–H groups in total. The number of hydrogen-bond donors (Lipinski definition) is 1. The second-order valence-corrected chi connectivity index (χ2v) is 7.91. The zero-order chi connectivity index (χ0) is 18.2. The quantitative estimate of drug-likeness (QED) is 0.528. The first-order valence-corrected chi connectivity index (χ1v) is 10.1. The smallest absolute Gasteiger partial charge is 0.256 e. The first-order chi connectivity index (χ1) is 13.3. The van der Waals surface area contributed by atoms with E-state index in [0.29, 0.717) is 30.3 Å². The van der Waals surface area contributed by atoms with E-state index < -0.39 is 0 Å². The summed E-state index contributed by atoms with van der Waals surface area (Å²) >= 11 is 3.10. The molecule has 5 nitrogen and oxygen atoms in total. The fourth-order valence-corrected chi connectivity index (χ4v) is 4.77. The summed E-state index contributed by atoms with van der Waals surface area (Å²) in [7, 11) is 0. The molecule has 4 aromatic rings. The minimum Gasteiger partial charge on any atom is -0.486 e. The molecule has 7 heteroatoms. The van der Waals surface area contributed by atoms with E-state index in [1.165, 1.54) is 11.3 Å². The highest BCUT2D eigenvalue weighted by atomic mass is 32.1. The topological polar surface area (TPSA) is 60.5 Å². The molecular formula is C20H14N2O3S2. The number of anilines is 1. The first-order valence-electron chi connectivity index (χ1n) is 8.42. The summed E-state index contributed by atoms with van der Waals surface area (Å²) in [5.41, 5.74) is 2.43. The van der Waals surface area contributed by atoms with Crippen molar-refractivity contribution in [1.82, 2.24) is 4.98 Å². The van der Waals surface area contributed by atoms with E-state index in [1.54, 1.807) is 29.5 Å². The summed E-state index contributed by atoms with van der Waals surface area (Å²) in [6, 6.07) is 15.2. The molecule has 1 aliphatic rings. The van der Waals surface area contributed by atoms with Crippen LogP contribution in [-0.2, 0) is 0 Å². The van der Waals surface area contributed by atoms with Gasteiger partial charge in [-0.15, -0.1) is 22.7 Å². The largest absolute Gasteiger partial charge is 0.486 e. The van der Waals surface area contributed by atoms with Gasteiger partial charge >= 0.3 is 0 Å². The van der Waals surface area contributed by atoms with Crippen molar-refractivity contribution in [3.8, 4) is 22.1 Å². The molecule has 0 radical (unpaired) electrons. The molecule has 2 aromatic carbocycles. The molecule has 5 rings (SSSR count). The Morgan fingerprint density at radius 1 is 1.04 bits per heavy atom. The molecular weight excluding hydrogens is 380 g/mol. The number of nitrogens with one attached hydrogen (secondary N) is 1. The summed E-state index contributed by atoms with van der Waals surface area (Å²) in [5, 5.41) is 6.65. The Balaban J connectivity index is 1.43. The van der Waals surface area contributed by atoms with E-state index in [2.05, 4.69) is 11.4 Å². The Bertz CT molecular complexity index is 1120. The standard InChI is InChI=1S/C20H14N2O3S2/c23-18(12-5-6-15-16(11-12)25-9-8-24-15)22-19-13(7-10-26-19)20-21-14-3-1-2-4-17(14)27-20/h1-7,10-11H,8-9H2,(H,22,23). The maximum atomic E-state index is 12.7. The molecule has 0 saturated carbocycles. The molecule has 134 valence electrons. The van der Waals surface area contributed by atoms with Crippen LogP contribution >= 0.6 is 22.7 Å². The fourth-order valence-electron chi connectivity index (χ4n) is 2.92. The van der Waals surface area contributed by atoms with Crippen molar-refractivity contribution in [2.75, 3.05) is 18.5 Å². The summed E-state index contributed by atoms with van der Waals surface area (Å²) < 4.78 is 12.2. The molecule has 1 amide bonds. The molecule has 0 spiro atoms. The van der Waals surface area contributed by atoms with Crippen LogP contribution in [0, 0.1) is 0 Å². The first kappa shape index (κ1) is 16.3. The Kier molecular flexibility index (Phi) is 4.03. The summed E-state index contributed by atoms with van der Waals surface area (Å²) in [4.78, 5) is 17.4. The van der Waals surface area contributed by atoms with Gasteiger partial charge in [0, 0.05) is 11.1 Å². The number of thiophene rings is 1. The van der Waals surface area contributed by atoms with Gasteiger partial charge in [-0.3, -0.25) is 4.79 Å². The van der Waals surface area contributed by atoms with Crippen LogP contribution in [0.25, 0.3) is 20.8 Å². The maximum Gasteiger partial charge on any atom is 0.256 e. The van der Waals surface area contributed by atoms with Crippen LogP contribution in [0.15, 0.2) is 53.9 Å². The third-order valence-corrected chi connectivity index (χ3v) is 6.12. The van der Waals surface area contributed by atoms with Gasteiger partial charge in [-0.2, -0.15) is 0 Å². The van der Waals surface area contributed by atoms with Gasteiger partial charge in [-0.05, 0) is 41.8 Å². The molecule has 0 aliphatic carbocycles. The molecule has 0 bridgehead atoms. The average Bonchev–Trinajstić information content (AvgIpc) is 3.33. The van der Waals surface area contributed by atoms with Crippen molar-refractivity contribution < 1.29 is 14.3 Å². The Morgan fingerprint density at radius 3 is 2.78 bits per heavy atom. The molecule has 0 fully saturated rings. The number of fused-ring (bicyclic) bond motifs is 2. The second-order valence-electron chi connectivity index (χ2n) is 5.96. The highest BCUT2D eigenvalue weighted by Gasteiger charge is 2.18. The van der Waals surface area contributed by atoms with Crippen molar-refractivity contribution in [2.24, 2.45) is 0 Å². The Labute approximate surface area is 163 Å². The van der Waals surface area contributed by atoms with Gasteiger partial charge in [0.05, 0.1) is 10.2 Å². The zero-order valence-corrected chi connectivity index (χ0v) is 15.7. The number of nitrogens with zero attached hydrogens (tertiary/aromatic N) is 1. The van der Waals surface area contributed by atoms with Gasteiger partial charge in [0.15, 0.2) is 11.5 Å². The van der Waals surface area contributed by atoms with Crippen LogP contribution in [0.2, 0.25) is 0 Å². The number of ether oxygens (including phenoxy) is 2. The van der Waals surface area contributed by atoms with Crippen molar-refractivity contribution in [3.05, 3.63) is 59.5 Å². The van der Waals surface area contributed by atoms with Crippen LogP contribution in [0.1, 0.15) is 10.4 Å². The number of para-hydroxylation sites is 1. The molecule has 3 heterocycles. The molecule has 0 atom stereocenters. The summed E-state index contributed by atoms with van der Waals surface area (Å²) in [6.07, 6.45) is 0. The van der Waals surface area contributed by atoms with Crippen LogP contribution in [0.3, 0.4) is 0 Å². The lowest BCUT2D eigenvalue weighted by Gasteiger charge is -2.18. The highest BCUT2D eigenvalue weighted by Crippen LogP contribution is 2.38. The lowest BCUT2D eigenvalue weighted by Crippen LogP contribution is -2.17. The number of thiazole rings is 1. The number of rotatable bonds is 3. The lowest BCUT2D eigenvalue weighted by molar-refractivity contribution is 0.102. The SMILES string of the molecule is O=C(Nc1sccc1-c1nc2ccccc2s1)c1ccc2c(c1)OCCO2. The molecule has 0 unspecified atom stereocenters. The highest BCUT2D eigenvalue weighted by molar-refractivity contribution is 7.22. The molecule has 0 saturated heterocycles. The van der Waals surface area contributed by atoms with Crippen molar-refractivity contribution >= 4 is 43.8 Å². The summed E-state index contributed by atoms with van der Waals surface area (Å²) in [5.74, 6) is 1.09. The number of amides is 1. The maximum absolute atomic E-state index is 12.7. The van der Waals surface area contributed by atoms with Gasteiger partial charge in [0.2, 0.25) is 0 Å². The van der Waals surface area contributed by atoms with E-state index in [0.717, 1.165) is 25.8 Å². The number of benzene rings is 2. The normalized spacial score (nSPS) is 12.9. The number of hydrogen-bond acceptors (Lipinski definition) is 6. The number of carbonyl (C=O) groups is 1. The second kappa shape index (κ2) is 6.68. The minimum absolute atomic E-state index is 0.184.